The van der Waals surface area contributed by atoms with Gasteiger partial charge in [0.2, 0.25) is 20.0 Å². The van der Waals surface area contributed by atoms with E-state index < -0.39 is 34.3 Å². The van der Waals surface area contributed by atoms with Gasteiger partial charge in [0.1, 0.15) is 11.5 Å². The van der Waals surface area contributed by atoms with Crippen molar-refractivity contribution in [2.24, 2.45) is 0 Å². The molecule has 0 saturated carbocycles. The van der Waals surface area contributed by atoms with Crippen LogP contribution in [0, 0.1) is 27.7 Å². The number of aromatic nitrogens is 2. The molecular formula is C38H40B2N4O10S2. The van der Waals surface area contributed by atoms with E-state index in [1.54, 1.807) is 88.4 Å². The summed E-state index contributed by atoms with van der Waals surface area (Å²) in [4.78, 5) is -0.0436. The first-order valence-electron chi connectivity index (χ1n) is 17.6. The summed E-state index contributed by atoms with van der Waals surface area (Å²) in [5.74, 6) is 1.02. The highest BCUT2D eigenvalue weighted by atomic mass is 32.2. The summed E-state index contributed by atoms with van der Waals surface area (Å²) in [5.41, 5.74) is 6.00. The largest absolute Gasteiger partial charge is 0.488 e. The molecule has 0 saturated heterocycles. The Morgan fingerprint density at radius 2 is 1.04 bits per heavy atom. The summed E-state index contributed by atoms with van der Waals surface area (Å²) in [6, 6.07) is 22.4. The average molecular weight is 799 g/mol. The Morgan fingerprint density at radius 1 is 0.571 bits per heavy atom. The summed E-state index contributed by atoms with van der Waals surface area (Å²) < 4.78 is 72.3. The minimum absolute atomic E-state index is 0.0155. The SMILES string of the molecule is Cc1noc(C)c1-c1ccc(CCc2ccc(-c3c(C)noc3C)cc2S(=O)(=O)NCc2cccc(B(O)O)c2)c(S(=O)(=O)NCc2ccc(B(O)O)cc2)c1. The number of hydrogen-bond acceptors (Lipinski definition) is 12. The first kappa shape index (κ1) is 40.7. The summed E-state index contributed by atoms with van der Waals surface area (Å²) in [5, 5.41) is 46.2. The van der Waals surface area contributed by atoms with Gasteiger partial charge in [-0.3, -0.25) is 0 Å². The Labute approximate surface area is 325 Å². The maximum absolute atomic E-state index is 14.1. The summed E-state index contributed by atoms with van der Waals surface area (Å²) >= 11 is 0. The van der Waals surface area contributed by atoms with Crippen molar-refractivity contribution >= 4 is 45.2 Å². The summed E-state index contributed by atoms with van der Waals surface area (Å²) in [7, 11) is -11.8. The second-order valence-electron chi connectivity index (χ2n) is 13.4. The lowest BCUT2D eigenvalue weighted by atomic mass is 9.80. The lowest BCUT2D eigenvalue weighted by Crippen LogP contribution is -2.31. The third kappa shape index (κ3) is 9.04. The number of aryl methyl sites for hydroxylation is 6. The third-order valence-electron chi connectivity index (χ3n) is 9.48. The van der Waals surface area contributed by atoms with E-state index in [-0.39, 0.29) is 46.6 Å². The molecule has 0 amide bonds. The van der Waals surface area contributed by atoms with Crippen molar-refractivity contribution in [3.05, 3.63) is 130 Å². The topological polar surface area (TPSA) is 225 Å². The maximum atomic E-state index is 14.1. The maximum Gasteiger partial charge on any atom is 0.488 e. The van der Waals surface area contributed by atoms with Crippen molar-refractivity contribution in [1.82, 2.24) is 19.8 Å². The zero-order chi connectivity index (χ0) is 40.4. The molecule has 0 aliphatic heterocycles. The van der Waals surface area contributed by atoms with Crippen LogP contribution < -0.4 is 20.4 Å². The molecule has 18 heteroatoms. The van der Waals surface area contributed by atoms with Crippen LogP contribution in [0.4, 0.5) is 0 Å². The van der Waals surface area contributed by atoms with E-state index in [9.17, 15) is 36.9 Å². The number of rotatable bonds is 15. The van der Waals surface area contributed by atoms with Gasteiger partial charge >= 0.3 is 14.2 Å². The lowest BCUT2D eigenvalue weighted by Gasteiger charge is -2.16. The van der Waals surface area contributed by atoms with Gasteiger partial charge in [-0.1, -0.05) is 83.1 Å². The normalized spacial score (nSPS) is 11.9. The molecule has 0 bridgehead atoms. The molecule has 0 fully saturated rings. The van der Waals surface area contributed by atoms with Gasteiger partial charge in [0.05, 0.1) is 21.2 Å². The van der Waals surface area contributed by atoms with Gasteiger partial charge in [-0.25, -0.2) is 26.3 Å². The first-order valence-corrected chi connectivity index (χ1v) is 20.5. The predicted molar refractivity (Wildman–Crippen MR) is 211 cm³/mol. The fraction of sp³-hybridized carbons (Fsp3) is 0.211. The number of hydrogen-bond donors (Lipinski definition) is 6. The average Bonchev–Trinajstić information content (AvgIpc) is 3.70. The molecule has 0 aliphatic carbocycles. The van der Waals surface area contributed by atoms with Crippen molar-refractivity contribution < 1.29 is 46.0 Å². The fourth-order valence-corrected chi connectivity index (χ4v) is 9.20. The van der Waals surface area contributed by atoms with E-state index in [2.05, 4.69) is 19.8 Å². The lowest BCUT2D eigenvalue weighted by molar-refractivity contribution is 0.393. The molecule has 14 nitrogen and oxygen atoms in total. The Morgan fingerprint density at radius 3 is 1.46 bits per heavy atom. The van der Waals surface area contributed by atoms with Crippen molar-refractivity contribution in [1.29, 1.82) is 0 Å². The van der Waals surface area contributed by atoms with Crippen LogP contribution in [0.15, 0.2) is 104 Å². The predicted octanol–water partition coefficient (Wildman–Crippen LogP) is 2.33. The van der Waals surface area contributed by atoms with Crippen molar-refractivity contribution in [3.63, 3.8) is 0 Å². The van der Waals surface area contributed by atoms with Crippen LogP contribution in [-0.2, 0) is 46.0 Å². The molecule has 6 rings (SSSR count). The van der Waals surface area contributed by atoms with E-state index in [1.807, 2.05) is 0 Å². The second-order valence-corrected chi connectivity index (χ2v) is 16.9. The molecule has 290 valence electrons. The van der Waals surface area contributed by atoms with Gasteiger partial charge in [0, 0.05) is 24.2 Å². The number of nitrogens with one attached hydrogen (secondary N) is 2. The van der Waals surface area contributed by atoms with Gasteiger partial charge in [-0.15, -0.1) is 0 Å². The van der Waals surface area contributed by atoms with Crippen LogP contribution in [0.25, 0.3) is 22.3 Å². The van der Waals surface area contributed by atoms with Gasteiger partial charge in [-0.2, -0.15) is 0 Å². The van der Waals surface area contributed by atoms with Gasteiger partial charge < -0.3 is 29.1 Å². The smallest absolute Gasteiger partial charge is 0.423 e. The van der Waals surface area contributed by atoms with Crippen LogP contribution in [-0.4, -0.2) is 61.5 Å². The van der Waals surface area contributed by atoms with Gasteiger partial charge in [-0.05, 0) is 97.0 Å². The van der Waals surface area contributed by atoms with Crippen molar-refractivity contribution in [2.75, 3.05) is 0 Å². The van der Waals surface area contributed by atoms with E-state index in [1.165, 1.54) is 24.3 Å². The monoisotopic (exact) mass is 798 g/mol. The second kappa shape index (κ2) is 16.7. The molecule has 0 aliphatic rings. The third-order valence-corrected chi connectivity index (χ3v) is 12.4. The van der Waals surface area contributed by atoms with Gasteiger partial charge in [0.25, 0.3) is 0 Å². The molecule has 0 spiro atoms. The molecule has 2 aromatic heterocycles. The minimum Gasteiger partial charge on any atom is -0.423 e. The van der Waals surface area contributed by atoms with E-state index in [4.69, 9.17) is 9.05 Å². The molecular weight excluding hydrogens is 758 g/mol. The molecule has 0 radical (unpaired) electrons. The Balaban J connectivity index is 1.36. The Bertz CT molecular complexity index is 2550. The number of nitrogens with zero attached hydrogens (tertiary/aromatic N) is 2. The van der Waals surface area contributed by atoms with E-state index in [0.29, 0.717) is 67.4 Å². The summed E-state index contributed by atoms with van der Waals surface area (Å²) in [6.07, 6.45) is 0.257. The Hall–Kier alpha value is -4.91. The van der Waals surface area contributed by atoms with Crippen LogP contribution in [0.5, 0.6) is 0 Å². The van der Waals surface area contributed by atoms with Crippen molar-refractivity contribution in [2.45, 2.75) is 63.4 Å². The molecule has 6 aromatic rings. The fourth-order valence-electron chi connectivity index (χ4n) is 6.58. The molecule has 2 heterocycles. The van der Waals surface area contributed by atoms with Crippen LogP contribution in [0.1, 0.15) is 45.2 Å². The van der Waals surface area contributed by atoms with Crippen LogP contribution >= 0.6 is 0 Å². The van der Waals surface area contributed by atoms with Gasteiger partial charge in [0.15, 0.2) is 0 Å². The van der Waals surface area contributed by atoms with Crippen LogP contribution in [0.2, 0.25) is 0 Å². The highest BCUT2D eigenvalue weighted by molar-refractivity contribution is 7.89. The zero-order valence-electron chi connectivity index (χ0n) is 31.0. The summed E-state index contributed by atoms with van der Waals surface area (Å²) in [6.45, 7) is 6.75. The minimum atomic E-state index is -4.20. The first-order chi connectivity index (χ1) is 26.5. The molecule has 0 atom stereocenters. The molecule has 0 unspecified atom stereocenters. The number of sulfonamides is 2. The van der Waals surface area contributed by atoms with E-state index in [0.717, 1.165) is 0 Å². The van der Waals surface area contributed by atoms with E-state index >= 15 is 0 Å². The quantitative estimate of drug-likeness (QED) is 0.0824. The zero-order valence-corrected chi connectivity index (χ0v) is 32.6. The molecule has 4 aromatic carbocycles. The Kier molecular flexibility index (Phi) is 12.1. The standard InChI is InChI=1S/C38H40B2N4O10S2/c1-23-37(25(3)53-43-23)31-14-12-29(35(19-31)55(49,50)41-21-27-8-16-33(17-9-27)39(45)46)10-11-30-13-15-32(38-24(2)44-54-26(38)4)20-36(30)56(51,52)42-22-28-6-5-7-34(18-28)40(47)48/h5-9,12-20,41-42,45-48H,10-11,21-22H2,1-4H3. The highest BCUT2D eigenvalue weighted by Gasteiger charge is 2.25. The number of benzene rings is 4. The highest BCUT2D eigenvalue weighted by Crippen LogP contribution is 2.33. The molecule has 56 heavy (non-hydrogen) atoms. The molecule has 6 N–H and O–H groups in total. The van der Waals surface area contributed by atoms with Crippen LogP contribution in [0.3, 0.4) is 0 Å². The van der Waals surface area contributed by atoms with Crippen molar-refractivity contribution in [3.8, 4) is 22.3 Å².